The minimum absolute atomic E-state index is 0.0552. The Morgan fingerprint density at radius 3 is 2.94 bits per heavy atom. The predicted octanol–water partition coefficient (Wildman–Crippen LogP) is 1.85. The van der Waals surface area contributed by atoms with E-state index in [9.17, 15) is 4.79 Å². The van der Waals surface area contributed by atoms with E-state index in [1.807, 2.05) is 37.4 Å². The molecule has 3 N–H and O–H groups in total. The monoisotopic (exact) mass is 238 g/mol. The van der Waals surface area contributed by atoms with Gasteiger partial charge < -0.3 is 11.1 Å². The summed E-state index contributed by atoms with van der Waals surface area (Å²) in [6.07, 6.45) is 2.02. The van der Waals surface area contributed by atoms with E-state index in [1.165, 1.54) is 0 Å². The normalized spacial score (nSPS) is 12.1. The molecule has 0 aliphatic rings. The number of carbonyl (C=O) groups is 1. The molecule has 4 heteroatoms. The highest BCUT2D eigenvalue weighted by Crippen LogP contribution is 2.17. The second-order valence-electron chi connectivity index (χ2n) is 3.68. The van der Waals surface area contributed by atoms with Gasteiger partial charge in [0.15, 0.2) is 0 Å². The summed E-state index contributed by atoms with van der Waals surface area (Å²) < 4.78 is 0. The van der Waals surface area contributed by atoms with E-state index in [-0.39, 0.29) is 11.8 Å². The van der Waals surface area contributed by atoms with E-state index < -0.39 is 0 Å². The number of nitrogens with one attached hydrogen (secondary N) is 1. The quantitative estimate of drug-likeness (QED) is 0.608. The maximum atomic E-state index is 11.8. The molecule has 1 atom stereocenters. The molecule has 88 valence electrons. The fraction of sp³-hybridized carbons (Fsp3) is 0.417. The molecule has 0 saturated heterocycles. The van der Waals surface area contributed by atoms with Gasteiger partial charge in [-0.25, -0.2) is 0 Å². The number of benzene rings is 1. The molecule has 16 heavy (non-hydrogen) atoms. The van der Waals surface area contributed by atoms with Gasteiger partial charge in [-0.05, 0) is 30.9 Å². The van der Waals surface area contributed by atoms with Gasteiger partial charge in [0.2, 0.25) is 5.91 Å². The van der Waals surface area contributed by atoms with Crippen molar-refractivity contribution in [3.8, 4) is 0 Å². The number of rotatable bonds is 5. The lowest BCUT2D eigenvalue weighted by Gasteiger charge is -2.12. The lowest BCUT2D eigenvalue weighted by Crippen LogP contribution is -2.29. The molecule has 0 aromatic heterocycles. The Labute approximate surface area is 101 Å². The summed E-state index contributed by atoms with van der Waals surface area (Å²) in [6.45, 7) is 2.61. The van der Waals surface area contributed by atoms with Gasteiger partial charge in [0.25, 0.3) is 0 Å². The molecular weight excluding hydrogens is 220 g/mol. The number of nitrogens with two attached hydrogens (primary N) is 1. The molecule has 0 heterocycles. The fourth-order valence-corrected chi connectivity index (χ4v) is 1.72. The van der Waals surface area contributed by atoms with E-state index >= 15 is 0 Å². The number of anilines is 1. The van der Waals surface area contributed by atoms with Crippen molar-refractivity contribution < 1.29 is 4.79 Å². The van der Waals surface area contributed by atoms with E-state index in [0.717, 1.165) is 11.3 Å². The third-order valence-corrected chi connectivity index (χ3v) is 3.02. The van der Waals surface area contributed by atoms with Crippen LogP contribution in [0.25, 0.3) is 0 Å². The highest BCUT2D eigenvalue weighted by atomic mass is 32.2. The first kappa shape index (κ1) is 12.9. The second-order valence-corrected chi connectivity index (χ2v) is 4.66. The minimum Gasteiger partial charge on any atom is -0.399 e. The molecule has 0 aliphatic heterocycles. The van der Waals surface area contributed by atoms with Gasteiger partial charge in [-0.2, -0.15) is 11.8 Å². The molecule has 1 amide bonds. The number of thioether (sulfide) groups is 1. The van der Waals surface area contributed by atoms with Crippen molar-refractivity contribution in [2.45, 2.75) is 12.8 Å². The van der Waals surface area contributed by atoms with Gasteiger partial charge in [0, 0.05) is 18.0 Å². The van der Waals surface area contributed by atoms with Gasteiger partial charge in [0.05, 0.1) is 5.92 Å². The third kappa shape index (κ3) is 3.77. The van der Waals surface area contributed by atoms with Crippen LogP contribution in [0.1, 0.15) is 18.4 Å². The summed E-state index contributed by atoms with van der Waals surface area (Å²) in [5.41, 5.74) is 7.34. The van der Waals surface area contributed by atoms with Gasteiger partial charge in [-0.1, -0.05) is 12.1 Å². The largest absolute Gasteiger partial charge is 0.399 e. The van der Waals surface area contributed by atoms with Crippen molar-refractivity contribution in [3.05, 3.63) is 29.8 Å². The average molecular weight is 238 g/mol. The smallest absolute Gasteiger partial charge is 0.227 e. The van der Waals surface area contributed by atoms with Gasteiger partial charge >= 0.3 is 0 Å². The number of amides is 1. The van der Waals surface area contributed by atoms with Crippen molar-refractivity contribution in [1.29, 1.82) is 0 Å². The standard InChI is InChI=1S/C12H18N2OS/c1-9(12(15)14-6-7-16-2)10-4-3-5-11(13)8-10/h3-5,8-9H,6-7,13H2,1-2H3,(H,14,15). The van der Waals surface area contributed by atoms with Crippen molar-refractivity contribution in [1.82, 2.24) is 5.32 Å². The van der Waals surface area contributed by atoms with E-state index in [2.05, 4.69) is 5.32 Å². The number of carbonyl (C=O) groups excluding carboxylic acids is 1. The molecule has 0 fully saturated rings. The first-order valence-electron chi connectivity index (χ1n) is 5.27. The third-order valence-electron chi connectivity index (χ3n) is 2.41. The Hall–Kier alpha value is -1.16. The van der Waals surface area contributed by atoms with Crippen LogP contribution in [-0.2, 0) is 4.79 Å². The molecule has 0 saturated carbocycles. The van der Waals surface area contributed by atoms with Crippen LogP contribution >= 0.6 is 11.8 Å². The molecular formula is C12H18N2OS. The van der Waals surface area contributed by atoms with Crippen molar-refractivity contribution in [3.63, 3.8) is 0 Å². The van der Waals surface area contributed by atoms with Crippen LogP contribution in [-0.4, -0.2) is 24.5 Å². The zero-order valence-corrected chi connectivity index (χ0v) is 10.5. The van der Waals surface area contributed by atoms with Crippen molar-refractivity contribution >= 4 is 23.4 Å². The van der Waals surface area contributed by atoms with Crippen LogP contribution in [0, 0.1) is 0 Å². The summed E-state index contributed by atoms with van der Waals surface area (Å²) >= 11 is 1.72. The van der Waals surface area contributed by atoms with E-state index in [0.29, 0.717) is 12.2 Å². The van der Waals surface area contributed by atoms with Gasteiger partial charge in [0.1, 0.15) is 0 Å². The number of hydrogen-bond donors (Lipinski definition) is 2. The highest BCUT2D eigenvalue weighted by Gasteiger charge is 2.14. The molecule has 3 nitrogen and oxygen atoms in total. The molecule has 0 spiro atoms. The SMILES string of the molecule is CSCCNC(=O)C(C)c1cccc(N)c1. The Morgan fingerprint density at radius 1 is 1.56 bits per heavy atom. The maximum absolute atomic E-state index is 11.8. The number of nitrogen functional groups attached to an aromatic ring is 1. The summed E-state index contributed by atoms with van der Waals surface area (Å²) in [5.74, 6) is 0.847. The van der Waals surface area contributed by atoms with Crippen LogP contribution < -0.4 is 11.1 Å². The summed E-state index contributed by atoms with van der Waals surface area (Å²) in [6, 6.07) is 7.46. The average Bonchev–Trinajstić information content (AvgIpc) is 2.28. The van der Waals surface area contributed by atoms with Crippen molar-refractivity contribution in [2.75, 3.05) is 24.3 Å². The van der Waals surface area contributed by atoms with Crippen LogP contribution in [0.3, 0.4) is 0 Å². The Morgan fingerprint density at radius 2 is 2.31 bits per heavy atom. The van der Waals surface area contributed by atoms with Gasteiger partial charge in [-0.3, -0.25) is 4.79 Å². The highest BCUT2D eigenvalue weighted by molar-refractivity contribution is 7.98. The van der Waals surface area contributed by atoms with Crippen LogP contribution in [0.2, 0.25) is 0 Å². The molecule has 0 radical (unpaired) electrons. The lowest BCUT2D eigenvalue weighted by atomic mass is 10.00. The van der Waals surface area contributed by atoms with Crippen molar-refractivity contribution in [2.24, 2.45) is 0 Å². The predicted molar refractivity (Wildman–Crippen MR) is 70.7 cm³/mol. The molecule has 1 aromatic carbocycles. The molecule has 1 rings (SSSR count). The van der Waals surface area contributed by atoms with Crippen LogP contribution in [0.15, 0.2) is 24.3 Å². The Balaban J connectivity index is 2.56. The maximum Gasteiger partial charge on any atom is 0.227 e. The van der Waals surface area contributed by atoms with Crippen LogP contribution in [0.5, 0.6) is 0 Å². The Kier molecular flexibility index (Phi) is 5.19. The summed E-state index contributed by atoms with van der Waals surface area (Å²) in [7, 11) is 0. The van der Waals surface area contributed by atoms with Gasteiger partial charge in [-0.15, -0.1) is 0 Å². The van der Waals surface area contributed by atoms with E-state index in [4.69, 9.17) is 5.73 Å². The summed E-state index contributed by atoms with van der Waals surface area (Å²) in [4.78, 5) is 11.8. The zero-order chi connectivity index (χ0) is 12.0. The second kappa shape index (κ2) is 6.43. The van der Waals surface area contributed by atoms with E-state index in [1.54, 1.807) is 11.8 Å². The lowest BCUT2D eigenvalue weighted by molar-refractivity contribution is -0.122. The molecule has 1 unspecified atom stereocenters. The fourth-order valence-electron chi connectivity index (χ4n) is 1.41. The summed E-state index contributed by atoms with van der Waals surface area (Å²) in [5, 5.41) is 2.90. The topological polar surface area (TPSA) is 55.1 Å². The molecule has 0 aliphatic carbocycles. The number of hydrogen-bond acceptors (Lipinski definition) is 3. The minimum atomic E-state index is -0.148. The molecule has 0 bridgehead atoms. The first-order chi connectivity index (χ1) is 7.65. The Bertz CT molecular complexity index is 355. The molecule has 1 aromatic rings. The zero-order valence-electron chi connectivity index (χ0n) is 9.69. The first-order valence-corrected chi connectivity index (χ1v) is 6.66. The van der Waals surface area contributed by atoms with Crippen LogP contribution in [0.4, 0.5) is 5.69 Å².